The summed E-state index contributed by atoms with van der Waals surface area (Å²) in [7, 11) is 1.87. The van der Waals surface area contributed by atoms with Crippen molar-refractivity contribution >= 4 is 11.8 Å². The fourth-order valence-corrected chi connectivity index (χ4v) is 4.09. The van der Waals surface area contributed by atoms with Crippen LogP contribution in [0, 0.1) is 0 Å². The van der Waals surface area contributed by atoms with Gasteiger partial charge in [-0.05, 0) is 38.2 Å². The number of nitrogens with zero attached hydrogens (tertiary/aromatic N) is 3. The fraction of sp³-hybridized carbons (Fsp3) is 0.737. The number of amides is 2. The number of aryl methyl sites for hydroxylation is 2. The van der Waals surface area contributed by atoms with Gasteiger partial charge in [-0.3, -0.25) is 19.2 Å². The Kier molecular flexibility index (Phi) is 6.84. The number of likely N-dealkylation sites (tertiary alicyclic amines) is 1. The quantitative estimate of drug-likeness (QED) is 0.710. The zero-order valence-electron chi connectivity index (χ0n) is 16.3. The molecule has 0 aliphatic carbocycles. The van der Waals surface area contributed by atoms with Gasteiger partial charge in [-0.15, -0.1) is 0 Å². The number of nitrogens with one attached hydrogen (secondary N) is 2. The molecule has 2 atom stereocenters. The van der Waals surface area contributed by atoms with Crippen molar-refractivity contribution in [2.24, 2.45) is 7.05 Å². The molecule has 0 saturated carbocycles. The summed E-state index contributed by atoms with van der Waals surface area (Å²) in [6.07, 6.45) is 7.39. The van der Waals surface area contributed by atoms with Crippen molar-refractivity contribution in [1.29, 1.82) is 0 Å². The van der Waals surface area contributed by atoms with Gasteiger partial charge in [0, 0.05) is 58.1 Å². The van der Waals surface area contributed by atoms with E-state index in [0.717, 1.165) is 38.2 Å². The lowest BCUT2D eigenvalue weighted by molar-refractivity contribution is -0.127. The third kappa shape index (κ3) is 5.29. The summed E-state index contributed by atoms with van der Waals surface area (Å²) in [6, 6.07) is 0.196. The molecule has 1 aromatic rings. The zero-order chi connectivity index (χ0) is 19.2. The van der Waals surface area contributed by atoms with E-state index in [2.05, 4.69) is 20.6 Å². The van der Waals surface area contributed by atoms with Crippen LogP contribution in [0.4, 0.5) is 0 Å². The van der Waals surface area contributed by atoms with Crippen molar-refractivity contribution < 1.29 is 14.3 Å². The molecule has 2 saturated heterocycles. The molecule has 0 spiro atoms. The Hall–Kier alpha value is -1.93. The average Bonchev–Trinajstić information content (AvgIpc) is 3.27. The SMILES string of the molecule is CCNC(=O)[C@@H]1C[C@H](NC(=O)CCc2cnn(C)c2)CN1C1CCOCC1. The lowest BCUT2D eigenvalue weighted by atomic mass is 10.1. The third-order valence-corrected chi connectivity index (χ3v) is 5.42. The number of carbonyl (C=O) groups excluding carboxylic acids is 2. The fourth-order valence-electron chi connectivity index (χ4n) is 4.09. The minimum Gasteiger partial charge on any atom is -0.381 e. The van der Waals surface area contributed by atoms with Crippen LogP contribution in [-0.4, -0.2) is 70.9 Å². The maximum Gasteiger partial charge on any atom is 0.237 e. The lowest BCUT2D eigenvalue weighted by Crippen LogP contribution is -2.49. The van der Waals surface area contributed by atoms with Gasteiger partial charge >= 0.3 is 0 Å². The summed E-state index contributed by atoms with van der Waals surface area (Å²) >= 11 is 0. The second-order valence-electron chi connectivity index (χ2n) is 7.47. The van der Waals surface area contributed by atoms with Crippen LogP contribution in [-0.2, 0) is 27.8 Å². The molecular formula is C19H31N5O3. The van der Waals surface area contributed by atoms with Crippen LogP contribution < -0.4 is 10.6 Å². The van der Waals surface area contributed by atoms with E-state index in [0.29, 0.717) is 31.8 Å². The molecule has 0 unspecified atom stereocenters. The molecule has 2 amide bonds. The predicted molar refractivity (Wildman–Crippen MR) is 101 cm³/mol. The number of likely N-dealkylation sites (N-methyl/N-ethyl adjacent to an activating group) is 1. The van der Waals surface area contributed by atoms with Crippen LogP contribution in [0.3, 0.4) is 0 Å². The monoisotopic (exact) mass is 377 g/mol. The van der Waals surface area contributed by atoms with Gasteiger partial charge in [0.2, 0.25) is 11.8 Å². The summed E-state index contributed by atoms with van der Waals surface area (Å²) < 4.78 is 7.21. The third-order valence-electron chi connectivity index (χ3n) is 5.42. The molecule has 150 valence electrons. The van der Waals surface area contributed by atoms with Gasteiger partial charge in [0.05, 0.1) is 12.2 Å². The normalized spacial score (nSPS) is 24.1. The van der Waals surface area contributed by atoms with Crippen molar-refractivity contribution in [3.8, 4) is 0 Å². The molecule has 8 nitrogen and oxygen atoms in total. The zero-order valence-corrected chi connectivity index (χ0v) is 16.3. The van der Waals surface area contributed by atoms with Crippen molar-refractivity contribution in [3.63, 3.8) is 0 Å². The number of aromatic nitrogens is 2. The van der Waals surface area contributed by atoms with E-state index in [1.807, 2.05) is 20.2 Å². The summed E-state index contributed by atoms with van der Waals surface area (Å²) in [5, 5.41) is 10.2. The molecule has 1 aromatic heterocycles. The smallest absolute Gasteiger partial charge is 0.237 e. The first-order valence-electron chi connectivity index (χ1n) is 9.95. The van der Waals surface area contributed by atoms with Crippen LogP contribution >= 0.6 is 0 Å². The van der Waals surface area contributed by atoms with Gasteiger partial charge in [0.1, 0.15) is 0 Å². The van der Waals surface area contributed by atoms with Gasteiger partial charge < -0.3 is 15.4 Å². The van der Waals surface area contributed by atoms with Gasteiger partial charge in [-0.25, -0.2) is 0 Å². The number of carbonyl (C=O) groups is 2. The predicted octanol–water partition coefficient (Wildman–Crippen LogP) is 0.227. The van der Waals surface area contributed by atoms with Crippen LogP contribution in [0.15, 0.2) is 12.4 Å². The Morgan fingerprint density at radius 3 is 2.78 bits per heavy atom. The van der Waals surface area contributed by atoms with Gasteiger partial charge in [0.15, 0.2) is 0 Å². The van der Waals surface area contributed by atoms with Crippen molar-refractivity contribution in [3.05, 3.63) is 18.0 Å². The lowest BCUT2D eigenvalue weighted by Gasteiger charge is -2.34. The van der Waals surface area contributed by atoms with Crippen molar-refractivity contribution in [2.75, 3.05) is 26.3 Å². The Bertz CT molecular complexity index is 641. The summed E-state index contributed by atoms with van der Waals surface area (Å²) in [6.45, 7) is 4.77. The molecule has 0 bridgehead atoms. The Balaban J connectivity index is 1.55. The minimum atomic E-state index is -0.170. The van der Waals surface area contributed by atoms with Gasteiger partial charge in [0.25, 0.3) is 0 Å². The topological polar surface area (TPSA) is 88.5 Å². The largest absolute Gasteiger partial charge is 0.381 e. The number of ether oxygens (including phenoxy) is 1. The Labute approximate surface area is 160 Å². The highest BCUT2D eigenvalue weighted by Crippen LogP contribution is 2.26. The van der Waals surface area contributed by atoms with E-state index in [-0.39, 0.29) is 23.9 Å². The van der Waals surface area contributed by atoms with Crippen molar-refractivity contribution in [2.45, 2.75) is 57.2 Å². The highest BCUT2D eigenvalue weighted by molar-refractivity contribution is 5.82. The molecule has 0 radical (unpaired) electrons. The van der Waals surface area contributed by atoms with Crippen LogP contribution in [0.2, 0.25) is 0 Å². The molecule has 2 aliphatic rings. The first-order chi connectivity index (χ1) is 13.1. The van der Waals surface area contributed by atoms with E-state index >= 15 is 0 Å². The molecule has 3 rings (SSSR count). The molecule has 3 heterocycles. The standard InChI is InChI=1S/C19H31N5O3/c1-3-20-19(26)17-10-15(13-24(17)16-6-8-27-9-7-16)22-18(25)5-4-14-11-21-23(2)12-14/h11-12,15-17H,3-10,13H2,1-2H3,(H,20,26)(H,22,25)/t15-,17-/m0/s1. The number of rotatable bonds is 7. The van der Waals surface area contributed by atoms with E-state index in [4.69, 9.17) is 4.74 Å². The van der Waals surface area contributed by atoms with E-state index in [1.165, 1.54) is 0 Å². The molecule has 8 heteroatoms. The average molecular weight is 377 g/mol. The summed E-state index contributed by atoms with van der Waals surface area (Å²) in [4.78, 5) is 27.2. The Morgan fingerprint density at radius 1 is 1.33 bits per heavy atom. The second-order valence-corrected chi connectivity index (χ2v) is 7.47. The van der Waals surface area contributed by atoms with Crippen molar-refractivity contribution in [1.82, 2.24) is 25.3 Å². The molecular weight excluding hydrogens is 346 g/mol. The van der Waals surface area contributed by atoms with E-state index in [9.17, 15) is 9.59 Å². The van der Waals surface area contributed by atoms with Crippen LogP contribution in [0.25, 0.3) is 0 Å². The highest BCUT2D eigenvalue weighted by Gasteiger charge is 2.41. The molecule has 2 aliphatic heterocycles. The van der Waals surface area contributed by atoms with Crippen LogP contribution in [0.5, 0.6) is 0 Å². The second kappa shape index (κ2) is 9.32. The van der Waals surface area contributed by atoms with E-state index in [1.54, 1.807) is 10.9 Å². The minimum absolute atomic E-state index is 0.0156. The molecule has 0 aromatic carbocycles. The number of hydrogen-bond acceptors (Lipinski definition) is 5. The summed E-state index contributed by atoms with van der Waals surface area (Å²) in [5.41, 5.74) is 1.06. The summed E-state index contributed by atoms with van der Waals surface area (Å²) in [5.74, 6) is 0.100. The Morgan fingerprint density at radius 2 is 2.11 bits per heavy atom. The number of hydrogen-bond donors (Lipinski definition) is 2. The highest BCUT2D eigenvalue weighted by atomic mass is 16.5. The van der Waals surface area contributed by atoms with E-state index < -0.39 is 0 Å². The van der Waals surface area contributed by atoms with Crippen LogP contribution in [0.1, 0.15) is 38.2 Å². The first kappa shape index (κ1) is 19.8. The molecule has 27 heavy (non-hydrogen) atoms. The maximum atomic E-state index is 12.5. The maximum absolute atomic E-state index is 12.5. The van der Waals surface area contributed by atoms with Gasteiger partial charge in [-0.2, -0.15) is 5.10 Å². The molecule has 2 fully saturated rings. The molecule has 2 N–H and O–H groups in total. The first-order valence-corrected chi connectivity index (χ1v) is 9.95. The van der Waals surface area contributed by atoms with Gasteiger partial charge in [-0.1, -0.05) is 0 Å².